The molecule has 0 heterocycles. The first-order valence-corrected chi connectivity index (χ1v) is 4.35. The van der Waals surface area contributed by atoms with E-state index in [1.54, 1.807) is 0 Å². The van der Waals surface area contributed by atoms with Gasteiger partial charge in [-0.15, -0.1) is 0 Å². The highest BCUT2D eigenvalue weighted by Gasteiger charge is 2.30. The molecule has 0 aliphatic carbocycles. The molecule has 0 amide bonds. The van der Waals surface area contributed by atoms with Crippen molar-refractivity contribution in [3.63, 3.8) is 0 Å². The average molecular weight is 201 g/mol. The number of hydrogen-bond donors (Lipinski definition) is 0. The summed E-state index contributed by atoms with van der Waals surface area (Å²) >= 11 is 0. The zero-order valence-corrected chi connectivity index (χ0v) is 8.15. The van der Waals surface area contributed by atoms with Crippen LogP contribution in [0, 0.1) is 6.92 Å². The molecule has 14 heavy (non-hydrogen) atoms. The van der Waals surface area contributed by atoms with Crippen LogP contribution in [0.15, 0.2) is 18.2 Å². The van der Waals surface area contributed by atoms with Crippen LogP contribution in [0.4, 0.5) is 13.2 Å². The third-order valence-electron chi connectivity index (χ3n) is 2.09. The molecule has 1 aromatic rings. The number of benzene rings is 1. The van der Waals surface area contributed by atoms with Crippen LogP contribution >= 0.6 is 0 Å². The Morgan fingerprint density at radius 1 is 1.21 bits per heavy atom. The summed E-state index contributed by atoms with van der Waals surface area (Å²) in [6, 6.07) is 3.69. The van der Waals surface area contributed by atoms with Crippen molar-refractivity contribution < 1.29 is 13.2 Å². The van der Waals surface area contributed by atoms with Crippen molar-refractivity contribution in [3.05, 3.63) is 41.8 Å². The van der Waals surface area contributed by atoms with E-state index in [0.29, 0.717) is 5.56 Å². The zero-order valence-electron chi connectivity index (χ0n) is 8.15. The van der Waals surface area contributed by atoms with Crippen LogP contribution in [0.5, 0.6) is 0 Å². The minimum absolute atomic E-state index is 0.199. The van der Waals surface area contributed by atoms with Gasteiger partial charge in [0, 0.05) is 0 Å². The van der Waals surface area contributed by atoms with Crippen LogP contribution in [0.25, 0.3) is 0 Å². The van der Waals surface area contributed by atoms with Crippen LogP contribution in [-0.2, 0) is 6.18 Å². The van der Waals surface area contributed by atoms with E-state index in [1.807, 2.05) is 13.8 Å². The molecule has 0 aromatic heterocycles. The van der Waals surface area contributed by atoms with Crippen molar-refractivity contribution in [1.82, 2.24) is 0 Å². The van der Waals surface area contributed by atoms with Gasteiger partial charge in [-0.1, -0.05) is 19.9 Å². The van der Waals surface area contributed by atoms with Crippen LogP contribution in [0.1, 0.15) is 36.5 Å². The van der Waals surface area contributed by atoms with Gasteiger partial charge < -0.3 is 0 Å². The summed E-state index contributed by atoms with van der Waals surface area (Å²) in [7, 11) is 0. The minimum atomic E-state index is -4.28. The highest BCUT2D eigenvalue weighted by molar-refractivity contribution is 5.37. The van der Waals surface area contributed by atoms with Crippen molar-refractivity contribution >= 4 is 0 Å². The summed E-state index contributed by atoms with van der Waals surface area (Å²) < 4.78 is 36.8. The lowest BCUT2D eigenvalue weighted by Crippen LogP contribution is -2.06. The van der Waals surface area contributed by atoms with Gasteiger partial charge in [0.1, 0.15) is 0 Å². The summed E-state index contributed by atoms with van der Waals surface area (Å²) in [5.74, 6) is 0.199. The Kier molecular flexibility index (Phi) is 2.88. The lowest BCUT2D eigenvalue weighted by atomic mass is 9.96. The Morgan fingerprint density at radius 3 is 2.14 bits per heavy atom. The SMILES string of the molecule is [CH2]c1cc(C(F)(F)F)ccc1C(C)C. The monoisotopic (exact) mass is 201 g/mol. The average Bonchev–Trinajstić information content (AvgIpc) is 2.01. The summed E-state index contributed by atoms with van der Waals surface area (Å²) in [5.41, 5.74) is 0.680. The van der Waals surface area contributed by atoms with Crippen LogP contribution < -0.4 is 0 Å². The van der Waals surface area contributed by atoms with E-state index in [2.05, 4.69) is 6.92 Å². The molecule has 0 aliphatic rings. The first-order valence-electron chi connectivity index (χ1n) is 4.35. The van der Waals surface area contributed by atoms with Gasteiger partial charge in [-0.2, -0.15) is 13.2 Å². The van der Waals surface area contributed by atoms with E-state index in [-0.39, 0.29) is 5.92 Å². The van der Waals surface area contributed by atoms with Crippen molar-refractivity contribution in [2.45, 2.75) is 25.9 Å². The fourth-order valence-electron chi connectivity index (χ4n) is 1.35. The summed E-state index contributed by atoms with van der Waals surface area (Å²) in [6.45, 7) is 7.47. The van der Waals surface area contributed by atoms with Gasteiger partial charge in [-0.25, -0.2) is 0 Å². The van der Waals surface area contributed by atoms with Crippen molar-refractivity contribution in [3.8, 4) is 0 Å². The maximum atomic E-state index is 12.3. The van der Waals surface area contributed by atoms with Gasteiger partial charge in [-0.05, 0) is 36.1 Å². The molecule has 0 saturated heterocycles. The fourth-order valence-corrected chi connectivity index (χ4v) is 1.35. The molecule has 0 bridgehead atoms. The Balaban J connectivity index is 3.13. The number of hydrogen-bond acceptors (Lipinski definition) is 0. The fraction of sp³-hybridized carbons (Fsp3) is 0.364. The van der Waals surface area contributed by atoms with Crippen molar-refractivity contribution in [1.29, 1.82) is 0 Å². The molecule has 0 fully saturated rings. The second-order valence-electron chi connectivity index (χ2n) is 3.57. The van der Waals surface area contributed by atoms with Gasteiger partial charge >= 0.3 is 6.18 Å². The summed E-state index contributed by atoms with van der Waals surface area (Å²) in [6.07, 6.45) is -4.28. The smallest absolute Gasteiger partial charge is 0.166 e. The molecule has 77 valence electrons. The van der Waals surface area contributed by atoms with Crippen LogP contribution in [0.3, 0.4) is 0 Å². The van der Waals surface area contributed by atoms with Gasteiger partial charge in [0.05, 0.1) is 5.56 Å². The van der Waals surface area contributed by atoms with Crippen LogP contribution in [-0.4, -0.2) is 0 Å². The Morgan fingerprint density at radius 2 is 1.79 bits per heavy atom. The number of halogens is 3. The highest BCUT2D eigenvalue weighted by atomic mass is 19.4. The third-order valence-corrected chi connectivity index (χ3v) is 2.09. The molecular weight excluding hydrogens is 189 g/mol. The van der Waals surface area contributed by atoms with E-state index in [0.717, 1.165) is 17.7 Å². The Bertz CT molecular complexity index is 324. The molecule has 0 N–H and O–H groups in total. The second-order valence-corrected chi connectivity index (χ2v) is 3.57. The van der Waals surface area contributed by atoms with Crippen molar-refractivity contribution in [2.24, 2.45) is 0 Å². The van der Waals surface area contributed by atoms with Gasteiger partial charge in [0.15, 0.2) is 0 Å². The van der Waals surface area contributed by atoms with Gasteiger partial charge in [-0.3, -0.25) is 0 Å². The second kappa shape index (κ2) is 3.64. The van der Waals surface area contributed by atoms with Gasteiger partial charge in [0.25, 0.3) is 0 Å². The van der Waals surface area contributed by atoms with E-state index in [4.69, 9.17) is 0 Å². The molecule has 3 heteroatoms. The number of alkyl halides is 3. The van der Waals surface area contributed by atoms with E-state index in [1.165, 1.54) is 6.07 Å². The first kappa shape index (κ1) is 11.1. The normalized spacial score (nSPS) is 12.2. The molecule has 0 saturated carbocycles. The molecule has 0 atom stereocenters. The topological polar surface area (TPSA) is 0 Å². The van der Waals surface area contributed by atoms with Crippen LogP contribution in [0.2, 0.25) is 0 Å². The summed E-state index contributed by atoms with van der Waals surface area (Å²) in [4.78, 5) is 0. The molecular formula is C11H12F3. The van der Waals surface area contributed by atoms with E-state index in [9.17, 15) is 13.2 Å². The maximum absolute atomic E-state index is 12.3. The Labute approximate surface area is 81.8 Å². The predicted octanol–water partition coefficient (Wildman–Crippen LogP) is 4.01. The molecule has 0 nitrogen and oxygen atoms in total. The van der Waals surface area contributed by atoms with Crippen molar-refractivity contribution in [2.75, 3.05) is 0 Å². The lowest BCUT2D eigenvalue weighted by molar-refractivity contribution is -0.137. The van der Waals surface area contributed by atoms with E-state index < -0.39 is 11.7 Å². The lowest BCUT2D eigenvalue weighted by Gasteiger charge is -2.12. The molecule has 1 rings (SSSR count). The largest absolute Gasteiger partial charge is 0.416 e. The molecule has 0 aliphatic heterocycles. The third kappa shape index (κ3) is 2.28. The minimum Gasteiger partial charge on any atom is -0.166 e. The molecule has 0 unspecified atom stereocenters. The molecule has 1 aromatic carbocycles. The Hall–Kier alpha value is -0.990. The summed E-state index contributed by atoms with van der Waals surface area (Å²) in [5, 5.41) is 0. The molecule has 1 radical (unpaired) electrons. The number of rotatable bonds is 1. The molecule has 0 spiro atoms. The quantitative estimate of drug-likeness (QED) is 0.644. The van der Waals surface area contributed by atoms with E-state index >= 15 is 0 Å². The highest BCUT2D eigenvalue weighted by Crippen LogP contribution is 2.31. The first-order chi connectivity index (χ1) is 6.32. The maximum Gasteiger partial charge on any atom is 0.416 e. The van der Waals surface area contributed by atoms with Gasteiger partial charge in [0.2, 0.25) is 0 Å². The standard InChI is InChI=1S/C11H12F3/c1-7(2)10-5-4-9(6-8(10)3)11(12,13)14/h4-7H,3H2,1-2H3. The zero-order chi connectivity index (χ0) is 10.9. The predicted molar refractivity (Wildman–Crippen MR) is 50.0 cm³/mol.